The van der Waals surface area contributed by atoms with Crippen LogP contribution in [0.25, 0.3) is 0 Å². The van der Waals surface area contributed by atoms with Crippen LogP contribution in [0.4, 0.5) is 0 Å². The quantitative estimate of drug-likeness (QED) is 0.886. The molecule has 1 saturated heterocycles. The fourth-order valence-electron chi connectivity index (χ4n) is 2.35. The summed E-state index contributed by atoms with van der Waals surface area (Å²) < 4.78 is 0. The van der Waals surface area contributed by atoms with Gasteiger partial charge in [-0.3, -0.25) is 14.7 Å². The highest BCUT2D eigenvalue weighted by molar-refractivity contribution is 6.33. The average molecular weight is 299 g/mol. The van der Waals surface area contributed by atoms with Crippen molar-refractivity contribution in [2.75, 3.05) is 13.1 Å². The van der Waals surface area contributed by atoms with E-state index in [1.54, 1.807) is 0 Å². The van der Waals surface area contributed by atoms with E-state index in [9.17, 15) is 9.59 Å². The van der Waals surface area contributed by atoms with Gasteiger partial charge in [-0.1, -0.05) is 25.4 Å². The second-order valence-corrected chi connectivity index (χ2v) is 5.75. The summed E-state index contributed by atoms with van der Waals surface area (Å²) in [5, 5.41) is 9.49. The number of hydrogen-bond donors (Lipinski definition) is 2. The molecule has 1 fully saturated rings. The Morgan fingerprint density at radius 2 is 2.30 bits per heavy atom. The van der Waals surface area contributed by atoms with E-state index in [0.29, 0.717) is 11.6 Å². The molecule has 1 aliphatic heterocycles. The van der Waals surface area contributed by atoms with Crippen molar-refractivity contribution in [1.29, 1.82) is 0 Å². The third kappa shape index (κ3) is 3.30. The van der Waals surface area contributed by atoms with Gasteiger partial charge < -0.3 is 10.2 Å². The number of rotatable bonds is 3. The van der Waals surface area contributed by atoms with Gasteiger partial charge in [-0.05, 0) is 12.8 Å². The minimum Gasteiger partial charge on any atom is -0.346 e. The molecule has 0 bridgehead atoms. The van der Waals surface area contributed by atoms with Gasteiger partial charge in [0.15, 0.2) is 0 Å². The third-order valence-corrected chi connectivity index (χ3v) is 3.67. The van der Waals surface area contributed by atoms with E-state index in [1.807, 2.05) is 18.7 Å². The molecule has 1 unspecified atom stereocenters. The van der Waals surface area contributed by atoms with E-state index in [0.717, 1.165) is 19.4 Å². The second kappa shape index (κ2) is 6.26. The minimum atomic E-state index is -0.281. The maximum atomic E-state index is 12.0. The fourth-order valence-corrected chi connectivity index (χ4v) is 2.53. The lowest BCUT2D eigenvalue weighted by molar-refractivity contribution is -0.135. The van der Waals surface area contributed by atoms with Crippen molar-refractivity contribution in [3.05, 3.63) is 16.9 Å². The number of likely N-dealkylation sites (tertiary alicyclic amines) is 1. The molecular weight excluding hydrogens is 280 g/mol. The Kier molecular flexibility index (Phi) is 4.65. The average Bonchev–Trinajstić information content (AvgIpc) is 2.84. The Morgan fingerprint density at radius 1 is 1.55 bits per heavy atom. The number of carbonyl (C=O) groups excluding carboxylic acids is 2. The number of carbonyl (C=O) groups is 2. The first kappa shape index (κ1) is 14.8. The Balaban J connectivity index is 1.95. The van der Waals surface area contributed by atoms with E-state index >= 15 is 0 Å². The first-order valence-corrected chi connectivity index (χ1v) is 7.15. The van der Waals surface area contributed by atoms with E-state index < -0.39 is 0 Å². The third-order valence-electron chi connectivity index (χ3n) is 3.38. The van der Waals surface area contributed by atoms with Gasteiger partial charge in [0.05, 0.1) is 11.2 Å². The van der Waals surface area contributed by atoms with Gasteiger partial charge in [0.25, 0.3) is 5.91 Å². The lowest BCUT2D eigenvalue weighted by Crippen LogP contribution is -2.50. The number of nitrogens with one attached hydrogen (secondary N) is 2. The first-order chi connectivity index (χ1) is 9.49. The maximum Gasteiger partial charge on any atom is 0.271 e. The largest absolute Gasteiger partial charge is 0.346 e. The molecule has 2 amide bonds. The molecular formula is C13H19ClN4O2. The van der Waals surface area contributed by atoms with Crippen molar-refractivity contribution in [2.45, 2.75) is 32.7 Å². The zero-order valence-corrected chi connectivity index (χ0v) is 12.4. The summed E-state index contributed by atoms with van der Waals surface area (Å²) in [5.74, 6) is -0.175. The molecule has 0 aromatic carbocycles. The Labute approximate surface area is 122 Å². The number of aromatic amines is 1. The molecule has 20 heavy (non-hydrogen) atoms. The van der Waals surface area contributed by atoms with Crippen molar-refractivity contribution < 1.29 is 9.59 Å². The Bertz CT molecular complexity index is 500. The molecule has 0 saturated carbocycles. The van der Waals surface area contributed by atoms with Gasteiger partial charge in [0.1, 0.15) is 5.69 Å². The minimum absolute atomic E-state index is 0.0218. The highest BCUT2D eigenvalue weighted by Gasteiger charge is 2.26. The summed E-state index contributed by atoms with van der Waals surface area (Å²) in [6.07, 6.45) is 3.14. The van der Waals surface area contributed by atoms with Crippen LogP contribution < -0.4 is 5.32 Å². The predicted octanol–water partition coefficient (Wildman–Crippen LogP) is 1.44. The van der Waals surface area contributed by atoms with E-state index in [2.05, 4.69) is 15.5 Å². The van der Waals surface area contributed by atoms with Crippen LogP contribution in [0.1, 0.15) is 37.2 Å². The number of nitrogens with zero attached hydrogens (tertiary/aromatic N) is 2. The molecule has 2 N–H and O–H groups in total. The van der Waals surface area contributed by atoms with Gasteiger partial charge in [-0.2, -0.15) is 5.10 Å². The molecule has 2 heterocycles. The summed E-state index contributed by atoms with van der Waals surface area (Å²) in [6.45, 7) is 5.08. The van der Waals surface area contributed by atoms with Crippen molar-refractivity contribution in [3.8, 4) is 0 Å². The molecule has 6 nitrogen and oxygen atoms in total. The maximum absolute atomic E-state index is 12.0. The predicted molar refractivity (Wildman–Crippen MR) is 75.5 cm³/mol. The van der Waals surface area contributed by atoms with E-state index in [-0.39, 0.29) is 29.5 Å². The fraction of sp³-hybridized carbons (Fsp3) is 0.615. The van der Waals surface area contributed by atoms with Crippen LogP contribution in [0.3, 0.4) is 0 Å². The molecule has 110 valence electrons. The lowest BCUT2D eigenvalue weighted by atomic mass is 10.0. The van der Waals surface area contributed by atoms with Crippen LogP contribution in [0.2, 0.25) is 5.02 Å². The van der Waals surface area contributed by atoms with Crippen LogP contribution in [-0.2, 0) is 4.79 Å². The second-order valence-electron chi connectivity index (χ2n) is 5.34. The van der Waals surface area contributed by atoms with Crippen molar-refractivity contribution in [2.24, 2.45) is 5.92 Å². The molecule has 1 aromatic heterocycles. The number of piperidine rings is 1. The summed E-state index contributed by atoms with van der Waals surface area (Å²) in [7, 11) is 0. The molecule has 1 atom stereocenters. The van der Waals surface area contributed by atoms with Gasteiger partial charge in [0.2, 0.25) is 5.91 Å². The van der Waals surface area contributed by atoms with Gasteiger partial charge in [0, 0.05) is 25.0 Å². The van der Waals surface area contributed by atoms with Crippen LogP contribution >= 0.6 is 11.6 Å². The summed E-state index contributed by atoms with van der Waals surface area (Å²) >= 11 is 5.85. The molecule has 0 spiro atoms. The monoisotopic (exact) mass is 298 g/mol. The van der Waals surface area contributed by atoms with Crippen LogP contribution in [0.5, 0.6) is 0 Å². The van der Waals surface area contributed by atoms with E-state index in [1.165, 1.54) is 6.20 Å². The van der Waals surface area contributed by atoms with Crippen LogP contribution in [-0.4, -0.2) is 46.0 Å². The molecule has 2 rings (SSSR count). The van der Waals surface area contributed by atoms with Gasteiger partial charge >= 0.3 is 0 Å². The summed E-state index contributed by atoms with van der Waals surface area (Å²) in [6, 6.07) is -0.0432. The molecule has 1 aromatic rings. The Hall–Kier alpha value is -1.56. The van der Waals surface area contributed by atoms with Crippen molar-refractivity contribution in [3.63, 3.8) is 0 Å². The van der Waals surface area contributed by atoms with Crippen molar-refractivity contribution >= 4 is 23.4 Å². The highest BCUT2D eigenvalue weighted by atomic mass is 35.5. The molecule has 1 aliphatic rings. The van der Waals surface area contributed by atoms with Gasteiger partial charge in [-0.25, -0.2) is 0 Å². The number of aromatic nitrogens is 2. The topological polar surface area (TPSA) is 78.1 Å². The Morgan fingerprint density at radius 3 is 2.90 bits per heavy atom. The van der Waals surface area contributed by atoms with E-state index in [4.69, 9.17) is 11.6 Å². The van der Waals surface area contributed by atoms with Gasteiger partial charge in [-0.15, -0.1) is 0 Å². The number of amides is 2. The first-order valence-electron chi connectivity index (χ1n) is 6.77. The zero-order valence-electron chi connectivity index (χ0n) is 11.6. The van der Waals surface area contributed by atoms with Crippen LogP contribution in [0, 0.1) is 5.92 Å². The van der Waals surface area contributed by atoms with Crippen molar-refractivity contribution in [1.82, 2.24) is 20.4 Å². The highest BCUT2D eigenvalue weighted by Crippen LogP contribution is 2.15. The smallest absolute Gasteiger partial charge is 0.271 e. The number of halogens is 1. The molecule has 7 heteroatoms. The molecule has 0 aliphatic carbocycles. The lowest BCUT2D eigenvalue weighted by Gasteiger charge is -2.34. The normalized spacial score (nSPS) is 19.2. The van der Waals surface area contributed by atoms with Crippen LogP contribution in [0.15, 0.2) is 6.20 Å². The molecule has 0 radical (unpaired) electrons. The zero-order chi connectivity index (χ0) is 14.7. The summed E-state index contributed by atoms with van der Waals surface area (Å²) in [5.41, 5.74) is 0.263. The number of H-pyrrole nitrogens is 1. The number of hydrogen-bond acceptors (Lipinski definition) is 3. The standard InChI is InChI=1S/C13H19ClN4O2/c1-8(2)13(20)18-5-3-4-9(7-18)16-12(19)11-10(14)6-15-17-11/h6,8-9H,3-5,7H2,1-2H3,(H,15,17)(H,16,19). The SMILES string of the molecule is CC(C)C(=O)N1CCCC(NC(=O)c2[nH]ncc2Cl)C1. The summed E-state index contributed by atoms with van der Waals surface area (Å²) in [4.78, 5) is 25.8.